The van der Waals surface area contributed by atoms with Gasteiger partial charge in [0.2, 0.25) is 0 Å². The molecule has 86 valence electrons. The Morgan fingerprint density at radius 3 is 2.67 bits per heavy atom. The summed E-state index contributed by atoms with van der Waals surface area (Å²) in [5.41, 5.74) is 0.489. The van der Waals surface area contributed by atoms with E-state index in [2.05, 4.69) is 15.2 Å². The quantitative estimate of drug-likeness (QED) is 0.293. The van der Waals surface area contributed by atoms with Gasteiger partial charge in [-0.3, -0.25) is 9.79 Å². The first-order valence-electron chi connectivity index (χ1n) is 4.50. The summed E-state index contributed by atoms with van der Waals surface area (Å²) in [6, 6.07) is 0. The Kier molecular flexibility index (Phi) is 7.00. The zero-order chi connectivity index (χ0) is 11.7. The van der Waals surface area contributed by atoms with Crippen molar-refractivity contribution in [2.75, 3.05) is 20.7 Å². The van der Waals surface area contributed by atoms with Crippen LogP contribution in [0, 0.1) is 0 Å². The number of carboxylic acid groups (broad SMARTS) is 1. The minimum absolute atomic E-state index is 0.120. The molecule has 0 aromatic heterocycles. The van der Waals surface area contributed by atoms with Crippen molar-refractivity contribution in [3.63, 3.8) is 0 Å². The lowest BCUT2D eigenvalue weighted by Crippen LogP contribution is -2.14. The minimum atomic E-state index is -0.928. The van der Waals surface area contributed by atoms with Gasteiger partial charge in [0.15, 0.2) is 0 Å². The van der Waals surface area contributed by atoms with E-state index >= 15 is 0 Å². The maximum atomic E-state index is 10.5. The van der Waals surface area contributed by atoms with Crippen molar-refractivity contribution in [2.24, 2.45) is 4.99 Å². The molecular weight excluding hydrogens is 200 g/mol. The molecule has 0 aliphatic rings. The maximum Gasteiger partial charge on any atom is 0.309 e. The summed E-state index contributed by atoms with van der Waals surface area (Å²) in [6.07, 6.45) is 1.36. The van der Waals surface area contributed by atoms with Gasteiger partial charge >= 0.3 is 5.97 Å². The predicted molar refractivity (Wildman–Crippen MR) is 55.5 cm³/mol. The van der Waals surface area contributed by atoms with Crippen molar-refractivity contribution in [3.05, 3.63) is 11.8 Å². The molecule has 6 nitrogen and oxygen atoms in total. The van der Waals surface area contributed by atoms with Crippen LogP contribution in [0.4, 0.5) is 0 Å². The van der Waals surface area contributed by atoms with Crippen LogP contribution in [-0.2, 0) is 14.6 Å². The number of aliphatic carboxylic acids is 1. The predicted octanol–water partition coefficient (Wildman–Crippen LogP) is 0.561. The zero-order valence-corrected chi connectivity index (χ0v) is 9.11. The fraction of sp³-hybridized carbons (Fsp3) is 0.556. The van der Waals surface area contributed by atoms with Crippen LogP contribution in [-0.4, -0.2) is 37.7 Å². The number of nitrogens with zero attached hydrogens (tertiary/aromatic N) is 1. The monoisotopic (exact) mass is 216 g/mol. The molecule has 2 N–H and O–H groups in total. The van der Waals surface area contributed by atoms with E-state index in [9.17, 15) is 4.79 Å². The molecule has 0 heterocycles. The van der Waals surface area contributed by atoms with Crippen molar-refractivity contribution in [1.82, 2.24) is 5.32 Å². The van der Waals surface area contributed by atoms with Gasteiger partial charge in [0, 0.05) is 25.9 Å². The minimum Gasteiger partial charge on any atom is -0.481 e. The Morgan fingerprint density at radius 2 is 2.27 bits per heavy atom. The number of nitrogens with one attached hydrogen (secondary N) is 1. The molecule has 0 bridgehead atoms. The van der Waals surface area contributed by atoms with Crippen LogP contribution in [0.5, 0.6) is 0 Å². The van der Waals surface area contributed by atoms with Crippen molar-refractivity contribution in [3.8, 4) is 0 Å². The van der Waals surface area contributed by atoms with Gasteiger partial charge in [-0.2, -0.15) is 4.89 Å². The summed E-state index contributed by atoms with van der Waals surface area (Å²) in [5.74, 6) is -0.704. The van der Waals surface area contributed by atoms with Crippen molar-refractivity contribution in [1.29, 1.82) is 0 Å². The summed E-state index contributed by atoms with van der Waals surface area (Å²) < 4.78 is 0. The molecule has 0 amide bonds. The number of rotatable bonds is 6. The standard InChI is InChI=1S/C9H16N2O4/c1-4-14-15-8(11-3)5-7(10-2)6-9(12)13/h5,10H,4,6H2,1-3H3,(H,12,13)/b7-5-,11-8?. The Morgan fingerprint density at radius 1 is 1.60 bits per heavy atom. The first kappa shape index (κ1) is 13.4. The van der Waals surface area contributed by atoms with Gasteiger partial charge in [-0.1, -0.05) is 0 Å². The molecule has 0 saturated carbocycles. The highest BCUT2D eigenvalue weighted by Gasteiger charge is 2.04. The van der Waals surface area contributed by atoms with Crippen LogP contribution in [0.3, 0.4) is 0 Å². The zero-order valence-electron chi connectivity index (χ0n) is 9.11. The highest BCUT2D eigenvalue weighted by molar-refractivity contribution is 5.88. The summed E-state index contributed by atoms with van der Waals surface area (Å²) in [6.45, 7) is 2.16. The topological polar surface area (TPSA) is 80.2 Å². The van der Waals surface area contributed by atoms with Gasteiger partial charge in [-0.15, -0.1) is 0 Å². The Bertz CT molecular complexity index is 261. The van der Waals surface area contributed by atoms with Crippen LogP contribution in [0.25, 0.3) is 0 Å². The molecular formula is C9H16N2O4. The second-order valence-electron chi connectivity index (χ2n) is 2.54. The Hall–Kier alpha value is -1.56. The third-order valence-corrected chi connectivity index (χ3v) is 1.44. The third-order valence-electron chi connectivity index (χ3n) is 1.44. The maximum absolute atomic E-state index is 10.5. The van der Waals surface area contributed by atoms with Crippen LogP contribution in [0.2, 0.25) is 0 Å². The number of hydrogen-bond acceptors (Lipinski definition) is 5. The van der Waals surface area contributed by atoms with Crippen molar-refractivity contribution >= 4 is 11.9 Å². The van der Waals surface area contributed by atoms with E-state index in [0.717, 1.165) is 0 Å². The number of carboxylic acids is 1. The van der Waals surface area contributed by atoms with Crippen LogP contribution >= 0.6 is 0 Å². The molecule has 0 saturated heterocycles. The van der Waals surface area contributed by atoms with Gasteiger partial charge in [-0.05, 0) is 6.92 Å². The highest BCUT2D eigenvalue weighted by Crippen LogP contribution is 1.98. The molecule has 0 fully saturated rings. The highest BCUT2D eigenvalue weighted by atomic mass is 17.2. The third kappa shape index (κ3) is 6.50. The average molecular weight is 216 g/mol. The fourth-order valence-corrected chi connectivity index (χ4v) is 0.769. The fourth-order valence-electron chi connectivity index (χ4n) is 0.769. The molecule has 0 atom stereocenters. The molecule has 0 aromatic carbocycles. The summed E-state index contributed by atoms with van der Waals surface area (Å²) in [4.78, 5) is 23.7. The Labute approximate surface area is 88.5 Å². The van der Waals surface area contributed by atoms with E-state index in [4.69, 9.17) is 9.99 Å². The second kappa shape index (κ2) is 7.81. The van der Waals surface area contributed by atoms with E-state index in [0.29, 0.717) is 12.3 Å². The molecule has 6 heteroatoms. The molecule has 0 aliphatic heterocycles. The van der Waals surface area contributed by atoms with E-state index in [1.807, 2.05) is 0 Å². The van der Waals surface area contributed by atoms with E-state index < -0.39 is 5.97 Å². The average Bonchev–Trinajstić information content (AvgIpc) is 2.21. The number of aliphatic imine (C=N–C) groups is 1. The summed E-state index contributed by atoms with van der Waals surface area (Å²) in [7, 11) is 3.15. The van der Waals surface area contributed by atoms with Gasteiger partial charge in [0.1, 0.15) is 0 Å². The largest absolute Gasteiger partial charge is 0.481 e. The molecule has 15 heavy (non-hydrogen) atoms. The molecule has 0 radical (unpaired) electrons. The normalized spacial score (nSPS) is 12.5. The lowest BCUT2D eigenvalue weighted by Gasteiger charge is -2.05. The van der Waals surface area contributed by atoms with Gasteiger partial charge < -0.3 is 15.3 Å². The lowest BCUT2D eigenvalue weighted by atomic mass is 10.3. The summed E-state index contributed by atoms with van der Waals surface area (Å²) >= 11 is 0. The molecule has 0 spiro atoms. The van der Waals surface area contributed by atoms with Crippen LogP contribution in [0.1, 0.15) is 13.3 Å². The molecule has 0 aromatic rings. The SMILES string of the molecule is CCOOC(/C=C(/CC(=O)O)NC)=NC. The van der Waals surface area contributed by atoms with E-state index in [-0.39, 0.29) is 12.3 Å². The smallest absolute Gasteiger partial charge is 0.309 e. The Balaban J connectivity index is 4.42. The first-order chi connectivity index (χ1) is 7.13. The van der Waals surface area contributed by atoms with E-state index in [1.165, 1.54) is 13.1 Å². The van der Waals surface area contributed by atoms with Gasteiger partial charge in [-0.25, -0.2) is 0 Å². The molecule has 0 unspecified atom stereocenters. The van der Waals surface area contributed by atoms with Crippen LogP contribution < -0.4 is 5.32 Å². The number of carbonyl (C=O) groups is 1. The van der Waals surface area contributed by atoms with Gasteiger partial charge in [0.05, 0.1) is 13.0 Å². The summed E-state index contributed by atoms with van der Waals surface area (Å²) in [5, 5.41) is 11.3. The van der Waals surface area contributed by atoms with Crippen LogP contribution in [0.15, 0.2) is 16.8 Å². The second-order valence-corrected chi connectivity index (χ2v) is 2.54. The van der Waals surface area contributed by atoms with Gasteiger partial charge in [0.25, 0.3) is 5.90 Å². The molecule has 0 aliphatic carbocycles. The van der Waals surface area contributed by atoms with E-state index in [1.54, 1.807) is 14.0 Å². The lowest BCUT2D eigenvalue weighted by molar-refractivity contribution is -0.216. The number of hydrogen-bond donors (Lipinski definition) is 2. The first-order valence-corrected chi connectivity index (χ1v) is 4.50. The van der Waals surface area contributed by atoms with Crippen molar-refractivity contribution < 1.29 is 19.7 Å². The van der Waals surface area contributed by atoms with Crippen molar-refractivity contribution in [2.45, 2.75) is 13.3 Å². The molecule has 0 rings (SSSR count).